The molecule has 1 aromatic heterocycles. The molecule has 5 nitrogen and oxygen atoms in total. The van der Waals surface area contributed by atoms with E-state index in [0.29, 0.717) is 0 Å². The molecule has 6 heteroatoms. The zero-order valence-electron chi connectivity index (χ0n) is 12.6. The van der Waals surface area contributed by atoms with Gasteiger partial charge in [-0.3, -0.25) is 0 Å². The van der Waals surface area contributed by atoms with E-state index in [1.807, 2.05) is 13.1 Å². The summed E-state index contributed by atoms with van der Waals surface area (Å²) in [4.78, 5) is 3.26. The zero-order chi connectivity index (χ0) is 15.1. The van der Waals surface area contributed by atoms with E-state index in [4.69, 9.17) is 12.2 Å². The molecule has 0 fully saturated rings. The van der Waals surface area contributed by atoms with Crippen molar-refractivity contribution >= 4 is 17.2 Å². The number of aryl methyl sites for hydroxylation is 2. The van der Waals surface area contributed by atoms with Gasteiger partial charge in [0.05, 0.1) is 4.99 Å². The molecule has 0 radical (unpaired) electrons. The molecule has 0 unspecified atom stereocenters. The predicted octanol–water partition coefficient (Wildman–Crippen LogP) is 2.38. The SMILES string of the molecule is CCN(Cc1ccccc1)C(=S)CCCc1nnnn1C. The number of hydrogen-bond donors (Lipinski definition) is 0. The highest BCUT2D eigenvalue weighted by molar-refractivity contribution is 7.80. The lowest BCUT2D eigenvalue weighted by molar-refractivity contribution is 0.432. The monoisotopic (exact) mass is 303 g/mol. The van der Waals surface area contributed by atoms with Crippen molar-refractivity contribution in [1.29, 1.82) is 0 Å². The van der Waals surface area contributed by atoms with Gasteiger partial charge in [-0.25, -0.2) is 4.68 Å². The van der Waals surface area contributed by atoms with E-state index in [9.17, 15) is 0 Å². The smallest absolute Gasteiger partial charge is 0.150 e. The number of tetrazole rings is 1. The van der Waals surface area contributed by atoms with Crippen LogP contribution < -0.4 is 0 Å². The van der Waals surface area contributed by atoms with Gasteiger partial charge in [-0.05, 0) is 35.8 Å². The van der Waals surface area contributed by atoms with Crippen molar-refractivity contribution in [3.8, 4) is 0 Å². The van der Waals surface area contributed by atoms with Crippen molar-refractivity contribution in [3.63, 3.8) is 0 Å². The molecule has 1 aromatic carbocycles. The summed E-state index contributed by atoms with van der Waals surface area (Å²) in [6.07, 6.45) is 2.72. The molecule has 1 heterocycles. The van der Waals surface area contributed by atoms with Gasteiger partial charge in [-0.15, -0.1) is 5.10 Å². The molecule has 21 heavy (non-hydrogen) atoms. The van der Waals surface area contributed by atoms with Crippen LogP contribution in [0, 0.1) is 0 Å². The quantitative estimate of drug-likeness (QED) is 0.735. The minimum Gasteiger partial charge on any atom is -0.362 e. The van der Waals surface area contributed by atoms with Gasteiger partial charge in [0.1, 0.15) is 0 Å². The van der Waals surface area contributed by atoms with Crippen molar-refractivity contribution in [1.82, 2.24) is 25.1 Å². The Balaban J connectivity index is 1.81. The van der Waals surface area contributed by atoms with Crippen LogP contribution in [0.3, 0.4) is 0 Å². The molecule has 0 spiro atoms. The molecule has 0 aliphatic rings. The summed E-state index contributed by atoms with van der Waals surface area (Å²) < 4.78 is 1.71. The third-order valence-corrected chi connectivity index (χ3v) is 3.91. The van der Waals surface area contributed by atoms with E-state index in [1.165, 1.54) is 5.56 Å². The van der Waals surface area contributed by atoms with Gasteiger partial charge in [-0.1, -0.05) is 42.5 Å². The van der Waals surface area contributed by atoms with E-state index in [2.05, 4.69) is 51.6 Å². The van der Waals surface area contributed by atoms with Crippen LogP contribution in [-0.4, -0.2) is 36.6 Å². The topological polar surface area (TPSA) is 46.8 Å². The molecule has 0 saturated carbocycles. The first-order valence-electron chi connectivity index (χ1n) is 7.23. The fourth-order valence-electron chi connectivity index (χ4n) is 2.20. The Morgan fingerprint density at radius 1 is 1.29 bits per heavy atom. The predicted molar refractivity (Wildman–Crippen MR) is 86.9 cm³/mol. The summed E-state index contributed by atoms with van der Waals surface area (Å²) >= 11 is 5.57. The Bertz CT molecular complexity index is 566. The van der Waals surface area contributed by atoms with Crippen LogP contribution in [0.1, 0.15) is 31.2 Å². The summed E-state index contributed by atoms with van der Waals surface area (Å²) in [5.41, 5.74) is 1.29. The van der Waals surface area contributed by atoms with Crippen LogP contribution in [0.5, 0.6) is 0 Å². The fraction of sp³-hybridized carbons (Fsp3) is 0.467. The van der Waals surface area contributed by atoms with Gasteiger partial charge in [-0.2, -0.15) is 0 Å². The van der Waals surface area contributed by atoms with Gasteiger partial charge in [0.2, 0.25) is 0 Å². The lowest BCUT2D eigenvalue weighted by atomic mass is 10.2. The van der Waals surface area contributed by atoms with E-state index in [0.717, 1.165) is 43.2 Å². The molecule has 2 aromatic rings. The first-order valence-corrected chi connectivity index (χ1v) is 7.64. The minimum atomic E-state index is 0.854. The van der Waals surface area contributed by atoms with Gasteiger partial charge in [0.25, 0.3) is 0 Å². The van der Waals surface area contributed by atoms with Gasteiger partial charge < -0.3 is 4.90 Å². The molecular weight excluding hydrogens is 282 g/mol. The molecule has 0 aliphatic heterocycles. The highest BCUT2D eigenvalue weighted by atomic mass is 32.1. The number of aromatic nitrogens is 4. The zero-order valence-corrected chi connectivity index (χ0v) is 13.4. The molecule has 0 saturated heterocycles. The van der Waals surface area contributed by atoms with Crippen molar-refractivity contribution in [3.05, 3.63) is 41.7 Å². The van der Waals surface area contributed by atoms with E-state index in [1.54, 1.807) is 4.68 Å². The van der Waals surface area contributed by atoms with E-state index in [-0.39, 0.29) is 0 Å². The van der Waals surface area contributed by atoms with Crippen LogP contribution >= 0.6 is 12.2 Å². The van der Waals surface area contributed by atoms with Crippen LogP contribution in [0.4, 0.5) is 0 Å². The van der Waals surface area contributed by atoms with Crippen LogP contribution in [0.2, 0.25) is 0 Å². The molecule has 2 rings (SSSR count). The number of benzene rings is 1. The normalized spacial score (nSPS) is 10.6. The van der Waals surface area contributed by atoms with Gasteiger partial charge >= 0.3 is 0 Å². The fourth-order valence-corrected chi connectivity index (χ4v) is 2.53. The van der Waals surface area contributed by atoms with Crippen molar-refractivity contribution < 1.29 is 0 Å². The second kappa shape index (κ2) is 7.83. The van der Waals surface area contributed by atoms with E-state index < -0.39 is 0 Å². The first kappa shape index (κ1) is 15.6. The Morgan fingerprint density at radius 2 is 2.05 bits per heavy atom. The maximum Gasteiger partial charge on any atom is 0.150 e. The minimum absolute atomic E-state index is 0.854. The number of nitrogens with zero attached hydrogens (tertiary/aromatic N) is 5. The molecule has 0 bridgehead atoms. The number of thiocarbonyl (C=S) groups is 1. The van der Waals surface area contributed by atoms with Gasteiger partial charge in [0.15, 0.2) is 5.82 Å². The van der Waals surface area contributed by atoms with E-state index >= 15 is 0 Å². The molecule has 0 aliphatic carbocycles. The standard InChI is InChI=1S/C15H21N5S/c1-3-20(12-13-8-5-4-6-9-13)15(21)11-7-10-14-16-17-18-19(14)2/h4-6,8-9H,3,7,10-12H2,1-2H3. The largest absolute Gasteiger partial charge is 0.362 e. The molecule has 112 valence electrons. The lowest BCUT2D eigenvalue weighted by Gasteiger charge is -2.23. The average molecular weight is 303 g/mol. The Kier molecular flexibility index (Phi) is 5.80. The molecule has 0 N–H and O–H groups in total. The Hall–Kier alpha value is -1.82. The Labute approximate surface area is 131 Å². The summed E-state index contributed by atoms with van der Waals surface area (Å²) in [6, 6.07) is 10.4. The highest BCUT2D eigenvalue weighted by Gasteiger charge is 2.09. The summed E-state index contributed by atoms with van der Waals surface area (Å²) in [6.45, 7) is 3.95. The summed E-state index contributed by atoms with van der Waals surface area (Å²) in [7, 11) is 1.86. The van der Waals surface area contributed by atoms with Crippen molar-refractivity contribution in [2.45, 2.75) is 32.7 Å². The first-order chi connectivity index (χ1) is 10.2. The Morgan fingerprint density at radius 3 is 2.67 bits per heavy atom. The van der Waals surface area contributed by atoms with Crippen molar-refractivity contribution in [2.24, 2.45) is 7.05 Å². The average Bonchev–Trinajstić information content (AvgIpc) is 2.91. The maximum atomic E-state index is 5.57. The number of hydrogen-bond acceptors (Lipinski definition) is 4. The van der Waals surface area contributed by atoms with Crippen molar-refractivity contribution in [2.75, 3.05) is 6.54 Å². The third kappa shape index (κ3) is 4.60. The van der Waals surface area contributed by atoms with Crippen LogP contribution in [0.15, 0.2) is 30.3 Å². The third-order valence-electron chi connectivity index (χ3n) is 3.45. The maximum absolute atomic E-state index is 5.57. The second-order valence-electron chi connectivity index (χ2n) is 4.97. The molecular formula is C15H21N5S. The summed E-state index contributed by atoms with van der Waals surface area (Å²) in [5.74, 6) is 0.906. The number of rotatable bonds is 7. The second-order valence-corrected chi connectivity index (χ2v) is 5.44. The molecule has 0 amide bonds. The molecule has 0 atom stereocenters. The van der Waals surface area contributed by atoms with Crippen LogP contribution in [-0.2, 0) is 20.0 Å². The van der Waals surface area contributed by atoms with Crippen LogP contribution in [0.25, 0.3) is 0 Å². The van der Waals surface area contributed by atoms with Gasteiger partial charge in [0, 0.05) is 26.6 Å². The lowest BCUT2D eigenvalue weighted by Crippen LogP contribution is -2.28. The summed E-state index contributed by atoms with van der Waals surface area (Å²) in [5, 5.41) is 11.5. The highest BCUT2D eigenvalue weighted by Crippen LogP contribution is 2.09.